The molecule has 40 heavy (non-hydrogen) atoms. The van der Waals surface area contributed by atoms with E-state index in [0.717, 1.165) is 5.75 Å². The Kier molecular flexibility index (Phi) is 9.00. The molecule has 0 saturated carbocycles. The Balaban J connectivity index is 1.54. The van der Waals surface area contributed by atoms with E-state index in [1.165, 1.54) is 27.6 Å². The van der Waals surface area contributed by atoms with E-state index in [0.29, 0.717) is 13.2 Å². The smallest absolute Gasteiger partial charge is 0.103 e. The minimum atomic E-state index is -1.69. The van der Waals surface area contributed by atoms with Crippen molar-refractivity contribution in [2.45, 2.75) is 37.0 Å². The summed E-state index contributed by atoms with van der Waals surface area (Å²) in [5.74, 6) is 0.800. The standard InChI is InChI=1S/C34H37N3OSSi/c1-40(2,3)33-24-35-36-37(33)32(26-38-25-28-16-8-4-9-17-28)27-39-34(29-18-10-5-11-19-29,30-20-12-6-13-21-30)31-22-14-7-15-23-31/h4-24,32H,25-27H2,1-3H3/t32-/m0/s1. The van der Waals surface area contributed by atoms with Crippen molar-refractivity contribution in [2.75, 3.05) is 12.4 Å². The van der Waals surface area contributed by atoms with Crippen molar-refractivity contribution >= 4 is 25.2 Å². The van der Waals surface area contributed by atoms with E-state index in [2.05, 4.69) is 150 Å². The summed E-state index contributed by atoms with van der Waals surface area (Å²) in [6.45, 7) is 8.16. The number of thioether (sulfide) groups is 1. The molecule has 0 unspecified atom stereocenters. The third-order valence-corrected chi connectivity index (χ3v) is 10.7. The minimum absolute atomic E-state index is 0.0217. The molecule has 1 heterocycles. The van der Waals surface area contributed by atoms with Gasteiger partial charge in [0.2, 0.25) is 0 Å². The van der Waals surface area contributed by atoms with Crippen LogP contribution in [0.5, 0.6) is 0 Å². The first kappa shape index (κ1) is 28.1. The summed E-state index contributed by atoms with van der Waals surface area (Å²) in [5, 5.41) is 10.3. The van der Waals surface area contributed by atoms with Gasteiger partial charge in [0, 0.05) is 11.1 Å². The summed E-state index contributed by atoms with van der Waals surface area (Å²) < 4.78 is 8.12. The summed E-state index contributed by atoms with van der Waals surface area (Å²) in [7, 11) is -1.69. The van der Waals surface area contributed by atoms with E-state index >= 15 is 0 Å². The van der Waals surface area contributed by atoms with Gasteiger partial charge in [-0.3, -0.25) is 0 Å². The number of aromatic nitrogens is 3. The molecule has 0 amide bonds. The van der Waals surface area contributed by atoms with Crippen molar-refractivity contribution in [3.63, 3.8) is 0 Å². The molecule has 4 nitrogen and oxygen atoms in total. The zero-order valence-corrected chi connectivity index (χ0v) is 25.3. The normalized spacial score (nSPS) is 12.8. The fraction of sp³-hybridized carbons (Fsp3) is 0.235. The van der Waals surface area contributed by atoms with Crippen molar-refractivity contribution in [2.24, 2.45) is 0 Å². The molecule has 204 valence electrons. The lowest BCUT2D eigenvalue weighted by Crippen LogP contribution is -2.45. The predicted molar refractivity (Wildman–Crippen MR) is 170 cm³/mol. The number of hydrogen-bond acceptors (Lipinski definition) is 4. The molecular formula is C34H37N3OSSi. The molecule has 0 spiro atoms. The molecule has 0 fully saturated rings. The van der Waals surface area contributed by atoms with Gasteiger partial charge < -0.3 is 4.74 Å². The van der Waals surface area contributed by atoms with Gasteiger partial charge in [-0.2, -0.15) is 0 Å². The predicted octanol–water partition coefficient (Wildman–Crippen LogP) is 7.31. The maximum atomic E-state index is 6.37. The van der Waals surface area contributed by atoms with Crippen molar-refractivity contribution in [1.82, 2.24) is 15.0 Å². The lowest BCUT2D eigenvalue weighted by atomic mass is 9.84. The van der Waals surface area contributed by atoms with Crippen LogP contribution in [0, 0.1) is 0 Å². The summed E-state index contributed by atoms with van der Waals surface area (Å²) in [4.78, 5) is 0. The Bertz CT molecular complexity index is 1360. The van der Waals surface area contributed by atoms with Crippen molar-refractivity contribution < 1.29 is 4.74 Å². The van der Waals surface area contributed by atoms with Crippen LogP contribution in [-0.4, -0.2) is 35.4 Å². The van der Waals surface area contributed by atoms with E-state index in [9.17, 15) is 0 Å². The number of rotatable bonds is 12. The Morgan fingerprint density at radius 3 is 1.68 bits per heavy atom. The van der Waals surface area contributed by atoms with Crippen LogP contribution in [0.1, 0.15) is 28.3 Å². The van der Waals surface area contributed by atoms with Crippen LogP contribution < -0.4 is 5.32 Å². The Morgan fingerprint density at radius 1 is 0.725 bits per heavy atom. The number of ether oxygens (including phenoxy) is 1. The van der Waals surface area contributed by atoms with Crippen molar-refractivity contribution in [3.8, 4) is 0 Å². The molecule has 0 saturated heterocycles. The van der Waals surface area contributed by atoms with Gasteiger partial charge in [0.25, 0.3) is 0 Å². The van der Waals surface area contributed by atoms with Crippen LogP contribution in [0.2, 0.25) is 19.6 Å². The first-order valence-electron chi connectivity index (χ1n) is 13.8. The second kappa shape index (κ2) is 12.8. The molecule has 1 aromatic heterocycles. The minimum Gasteiger partial charge on any atom is -0.375 e. The van der Waals surface area contributed by atoms with Crippen LogP contribution in [0.4, 0.5) is 0 Å². The average Bonchev–Trinajstić information content (AvgIpc) is 3.50. The van der Waals surface area contributed by atoms with Crippen LogP contribution in [0.3, 0.4) is 0 Å². The molecule has 5 rings (SSSR count). The van der Waals surface area contributed by atoms with E-state index < -0.39 is 12.8 Å². The van der Waals surface area contributed by atoms with E-state index in [-0.39, 0.29) is 6.04 Å². The highest BCUT2D eigenvalue weighted by Crippen LogP contribution is 2.49. The molecule has 6 heteroatoms. The molecule has 0 N–H and O–H groups in total. The SMILES string of the molecule is C[Si](C)(C)c1cnnn1[C@@H](COCc1ccccc1)CSC(c1ccccc1)(c1ccccc1)c1ccccc1. The lowest BCUT2D eigenvalue weighted by molar-refractivity contribution is 0.0929. The summed E-state index contributed by atoms with van der Waals surface area (Å²) in [6.07, 6.45) is 1.96. The third-order valence-electron chi connectivity index (χ3n) is 7.14. The maximum absolute atomic E-state index is 6.37. The van der Waals surface area contributed by atoms with Crippen LogP contribution in [0.15, 0.2) is 128 Å². The van der Waals surface area contributed by atoms with Gasteiger partial charge in [-0.1, -0.05) is 146 Å². The molecule has 0 aliphatic carbocycles. The van der Waals surface area contributed by atoms with Gasteiger partial charge in [-0.25, -0.2) is 4.68 Å². The first-order valence-corrected chi connectivity index (χ1v) is 18.3. The quantitative estimate of drug-likeness (QED) is 0.118. The topological polar surface area (TPSA) is 39.9 Å². The van der Waals surface area contributed by atoms with Crippen molar-refractivity contribution in [1.29, 1.82) is 0 Å². The van der Waals surface area contributed by atoms with Crippen LogP contribution in [-0.2, 0) is 16.1 Å². The zero-order valence-electron chi connectivity index (χ0n) is 23.5. The van der Waals surface area contributed by atoms with E-state index in [1.54, 1.807) is 0 Å². The van der Waals surface area contributed by atoms with Crippen LogP contribution in [0.25, 0.3) is 0 Å². The van der Waals surface area contributed by atoms with Gasteiger partial charge in [-0.15, -0.1) is 16.9 Å². The second-order valence-corrected chi connectivity index (χ2v) is 17.3. The number of hydrogen-bond donors (Lipinski definition) is 0. The Hall–Kier alpha value is -3.45. The largest absolute Gasteiger partial charge is 0.375 e. The summed E-state index contributed by atoms with van der Waals surface area (Å²) in [6, 6.07) is 43.0. The number of nitrogens with zero attached hydrogens (tertiary/aromatic N) is 3. The lowest BCUT2D eigenvalue weighted by Gasteiger charge is -2.37. The number of benzene rings is 4. The monoisotopic (exact) mass is 563 g/mol. The maximum Gasteiger partial charge on any atom is 0.103 e. The van der Waals surface area contributed by atoms with Gasteiger partial charge in [0.15, 0.2) is 0 Å². The van der Waals surface area contributed by atoms with Gasteiger partial charge in [-0.05, 0) is 22.3 Å². The fourth-order valence-corrected chi connectivity index (χ4v) is 8.06. The van der Waals surface area contributed by atoms with Gasteiger partial charge in [0.1, 0.15) is 8.07 Å². The average molecular weight is 564 g/mol. The highest BCUT2D eigenvalue weighted by atomic mass is 32.2. The van der Waals surface area contributed by atoms with E-state index in [1.807, 2.05) is 24.0 Å². The zero-order chi connectivity index (χ0) is 27.8. The first-order chi connectivity index (χ1) is 19.5. The molecule has 5 aromatic rings. The van der Waals surface area contributed by atoms with Gasteiger partial charge in [0.05, 0.1) is 30.2 Å². The molecule has 0 radical (unpaired) electrons. The summed E-state index contributed by atoms with van der Waals surface area (Å²) in [5.41, 5.74) is 4.94. The molecule has 0 aliphatic heterocycles. The Labute approximate surface area is 243 Å². The Morgan fingerprint density at radius 2 is 1.20 bits per heavy atom. The molecule has 0 aliphatic rings. The van der Waals surface area contributed by atoms with Crippen molar-refractivity contribution in [3.05, 3.63) is 150 Å². The molecule has 4 aromatic carbocycles. The van der Waals surface area contributed by atoms with E-state index in [4.69, 9.17) is 4.74 Å². The highest BCUT2D eigenvalue weighted by Gasteiger charge is 2.38. The molecular weight excluding hydrogens is 527 g/mol. The fourth-order valence-electron chi connectivity index (χ4n) is 5.12. The molecule has 1 atom stereocenters. The van der Waals surface area contributed by atoms with Crippen LogP contribution >= 0.6 is 11.8 Å². The third kappa shape index (κ3) is 6.30. The highest BCUT2D eigenvalue weighted by molar-refractivity contribution is 8.00. The van der Waals surface area contributed by atoms with Gasteiger partial charge >= 0.3 is 0 Å². The molecule has 0 bridgehead atoms. The second-order valence-electron chi connectivity index (χ2n) is 11.1. The summed E-state index contributed by atoms with van der Waals surface area (Å²) >= 11 is 1.95.